The van der Waals surface area contributed by atoms with E-state index in [-0.39, 0.29) is 15.3 Å². The van der Waals surface area contributed by atoms with E-state index in [1.165, 1.54) is 6.07 Å². The highest BCUT2D eigenvalue weighted by atomic mass is 79.9. The molecule has 0 aliphatic heterocycles. The van der Waals surface area contributed by atoms with Crippen molar-refractivity contribution in [1.29, 1.82) is 0 Å². The van der Waals surface area contributed by atoms with Crippen molar-refractivity contribution in [2.24, 2.45) is 0 Å². The molecule has 0 atom stereocenters. The van der Waals surface area contributed by atoms with Crippen LogP contribution < -0.4 is 0 Å². The van der Waals surface area contributed by atoms with Gasteiger partial charge in [0.25, 0.3) is 6.43 Å². The fourth-order valence-electron chi connectivity index (χ4n) is 0.631. The summed E-state index contributed by atoms with van der Waals surface area (Å²) in [5, 5.41) is 0.0420. The third-order valence-corrected chi connectivity index (χ3v) is 3.30. The van der Waals surface area contributed by atoms with Crippen molar-refractivity contribution < 1.29 is 8.78 Å². The average Bonchev–Trinajstić information content (AvgIpc) is 1.96. The van der Waals surface area contributed by atoms with Gasteiger partial charge in [0.2, 0.25) is 0 Å². The van der Waals surface area contributed by atoms with Gasteiger partial charge in [0.1, 0.15) is 10.8 Å². The molecule has 0 amide bonds. The fourth-order valence-corrected chi connectivity index (χ4v) is 1.76. The second kappa shape index (κ2) is 3.98. The minimum Gasteiger partial charge on any atom is -0.234 e. The van der Waals surface area contributed by atoms with Crippen LogP contribution in [0.2, 0.25) is 5.15 Å². The van der Waals surface area contributed by atoms with Gasteiger partial charge in [0.05, 0.1) is 4.47 Å². The zero-order valence-corrected chi connectivity index (χ0v) is 9.42. The molecule has 0 aromatic carbocycles. The topological polar surface area (TPSA) is 12.9 Å². The second-order valence-corrected chi connectivity index (χ2v) is 3.96. The number of hydrogen-bond acceptors (Lipinski definition) is 1. The number of pyridine rings is 1. The van der Waals surface area contributed by atoms with E-state index in [0.717, 1.165) is 0 Å². The summed E-state index contributed by atoms with van der Waals surface area (Å²) in [6, 6.07) is 1.44. The first kappa shape index (κ1) is 10.3. The van der Waals surface area contributed by atoms with Gasteiger partial charge in [-0.1, -0.05) is 11.6 Å². The lowest BCUT2D eigenvalue weighted by Gasteiger charge is -2.04. The van der Waals surface area contributed by atoms with Crippen molar-refractivity contribution in [3.8, 4) is 0 Å². The number of rotatable bonds is 1. The van der Waals surface area contributed by atoms with Crippen LogP contribution in [0.4, 0.5) is 8.78 Å². The van der Waals surface area contributed by atoms with Gasteiger partial charge in [-0.25, -0.2) is 13.8 Å². The Morgan fingerprint density at radius 2 is 2.00 bits per heavy atom. The first-order valence-electron chi connectivity index (χ1n) is 2.82. The van der Waals surface area contributed by atoms with Gasteiger partial charge in [0, 0.05) is 4.47 Å². The van der Waals surface area contributed by atoms with Crippen molar-refractivity contribution in [3.05, 3.63) is 25.9 Å². The zero-order valence-electron chi connectivity index (χ0n) is 5.49. The van der Waals surface area contributed by atoms with Gasteiger partial charge < -0.3 is 0 Å². The van der Waals surface area contributed by atoms with Crippen LogP contribution in [0.25, 0.3) is 0 Å². The van der Waals surface area contributed by atoms with E-state index in [1.807, 2.05) is 0 Å². The van der Waals surface area contributed by atoms with Crippen LogP contribution >= 0.6 is 43.5 Å². The van der Waals surface area contributed by atoms with Crippen molar-refractivity contribution in [2.75, 3.05) is 0 Å². The number of alkyl halides is 2. The van der Waals surface area contributed by atoms with Crippen molar-refractivity contribution in [3.63, 3.8) is 0 Å². The lowest BCUT2D eigenvalue weighted by atomic mass is 10.4. The van der Waals surface area contributed by atoms with Gasteiger partial charge in [-0.3, -0.25) is 0 Å². The summed E-state index contributed by atoms with van der Waals surface area (Å²) in [4.78, 5) is 3.47. The monoisotopic (exact) mass is 319 g/mol. The van der Waals surface area contributed by atoms with Crippen molar-refractivity contribution in [2.45, 2.75) is 6.43 Å². The molecule has 0 aliphatic rings. The number of halogens is 5. The maximum atomic E-state index is 12.2. The Labute approximate surface area is 89.4 Å². The van der Waals surface area contributed by atoms with Gasteiger partial charge in [-0.2, -0.15) is 0 Å². The minimum absolute atomic E-state index is 0.0420. The quantitative estimate of drug-likeness (QED) is 0.707. The van der Waals surface area contributed by atoms with Crippen LogP contribution in [-0.4, -0.2) is 4.98 Å². The van der Waals surface area contributed by atoms with Gasteiger partial charge in [-0.15, -0.1) is 0 Å². The fraction of sp³-hybridized carbons (Fsp3) is 0.167. The average molecular weight is 321 g/mol. The summed E-state index contributed by atoms with van der Waals surface area (Å²) in [5.74, 6) is 0. The molecule has 0 aliphatic carbocycles. The van der Waals surface area contributed by atoms with Gasteiger partial charge >= 0.3 is 0 Å². The molecular weight excluding hydrogens is 319 g/mol. The molecule has 12 heavy (non-hydrogen) atoms. The second-order valence-electron chi connectivity index (χ2n) is 1.93. The van der Waals surface area contributed by atoms with Crippen LogP contribution in [0.15, 0.2) is 15.0 Å². The summed E-state index contributed by atoms with van der Waals surface area (Å²) in [5.41, 5.74) is -0.352. The Morgan fingerprint density at radius 3 is 2.50 bits per heavy atom. The third-order valence-electron chi connectivity index (χ3n) is 1.11. The van der Waals surface area contributed by atoms with E-state index in [9.17, 15) is 8.78 Å². The van der Waals surface area contributed by atoms with E-state index in [0.29, 0.717) is 4.47 Å². The zero-order chi connectivity index (χ0) is 9.30. The first-order valence-corrected chi connectivity index (χ1v) is 4.78. The number of nitrogens with zero attached hydrogens (tertiary/aromatic N) is 1. The summed E-state index contributed by atoms with van der Waals surface area (Å²) in [7, 11) is 0. The SMILES string of the molecule is FC(F)c1nc(Cl)cc(Br)c1Br. The van der Waals surface area contributed by atoms with E-state index < -0.39 is 6.43 Å². The molecule has 1 rings (SSSR count). The first-order chi connectivity index (χ1) is 5.52. The van der Waals surface area contributed by atoms with Crippen molar-refractivity contribution >= 4 is 43.5 Å². The molecule has 6 heteroatoms. The number of aromatic nitrogens is 1. The third kappa shape index (κ3) is 2.14. The molecule has 0 saturated heterocycles. The molecule has 0 N–H and O–H groups in total. The molecule has 66 valence electrons. The van der Waals surface area contributed by atoms with E-state index in [2.05, 4.69) is 36.8 Å². The smallest absolute Gasteiger partial charge is 0.234 e. The maximum Gasteiger partial charge on any atom is 0.281 e. The Morgan fingerprint density at radius 1 is 1.42 bits per heavy atom. The highest BCUT2D eigenvalue weighted by molar-refractivity contribution is 9.13. The Balaban J connectivity index is 3.28. The molecule has 0 unspecified atom stereocenters. The molecule has 0 radical (unpaired) electrons. The molecular formula is C6H2Br2ClF2N. The summed E-state index contributed by atoms with van der Waals surface area (Å²) >= 11 is 11.5. The van der Waals surface area contributed by atoms with Crippen LogP contribution in [0.5, 0.6) is 0 Å². The summed E-state index contributed by atoms with van der Waals surface area (Å²) < 4.78 is 25.1. The van der Waals surface area contributed by atoms with Crippen LogP contribution in [0, 0.1) is 0 Å². The van der Waals surface area contributed by atoms with Gasteiger partial charge in [0.15, 0.2) is 0 Å². The lowest BCUT2D eigenvalue weighted by molar-refractivity contribution is 0.145. The molecule has 1 heterocycles. The van der Waals surface area contributed by atoms with E-state index in [1.54, 1.807) is 0 Å². The Hall–Kier alpha value is 0.260. The van der Waals surface area contributed by atoms with E-state index in [4.69, 9.17) is 11.6 Å². The molecule has 1 nitrogen and oxygen atoms in total. The number of hydrogen-bond donors (Lipinski definition) is 0. The molecule has 0 fully saturated rings. The largest absolute Gasteiger partial charge is 0.281 e. The standard InChI is InChI=1S/C6H2Br2ClF2N/c7-2-1-3(9)12-5(4(2)8)6(10)11/h1,6H. The molecule has 0 bridgehead atoms. The van der Waals surface area contributed by atoms with Crippen LogP contribution in [0.1, 0.15) is 12.1 Å². The predicted molar refractivity (Wildman–Crippen MR) is 49.6 cm³/mol. The van der Waals surface area contributed by atoms with E-state index >= 15 is 0 Å². The summed E-state index contributed by atoms with van der Waals surface area (Å²) in [6.07, 6.45) is -2.63. The molecule has 1 aromatic rings. The summed E-state index contributed by atoms with van der Waals surface area (Å²) in [6.45, 7) is 0. The predicted octanol–water partition coefficient (Wildman–Crippen LogP) is 4.20. The molecule has 0 saturated carbocycles. The molecule has 0 spiro atoms. The highest BCUT2D eigenvalue weighted by Gasteiger charge is 2.16. The van der Waals surface area contributed by atoms with Crippen LogP contribution in [-0.2, 0) is 0 Å². The lowest BCUT2D eigenvalue weighted by Crippen LogP contribution is -1.92. The normalized spacial score (nSPS) is 10.8. The van der Waals surface area contributed by atoms with Crippen molar-refractivity contribution in [1.82, 2.24) is 4.98 Å². The Bertz CT molecular complexity index is 306. The van der Waals surface area contributed by atoms with Crippen LogP contribution in [0.3, 0.4) is 0 Å². The minimum atomic E-state index is -2.63. The molecule has 1 aromatic heterocycles. The Kier molecular flexibility index (Phi) is 3.43. The van der Waals surface area contributed by atoms with Gasteiger partial charge in [-0.05, 0) is 37.9 Å². The highest BCUT2D eigenvalue weighted by Crippen LogP contribution is 2.33. The maximum absolute atomic E-state index is 12.2.